The van der Waals surface area contributed by atoms with Crippen molar-refractivity contribution in [2.24, 2.45) is 10.9 Å². The van der Waals surface area contributed by atoms with Crippen molar-refractivity contribution in [1.82, 2.24) is 20.5 Å². The van der Waals surface area contributed by atoms with E-state index in [4.69, 9.17) is 4.74 Å². The third-order valence-electron chi connectivity index (χ3n) is 3.90. The predicted octanol–water partition coefficient (Wildman–Crippen LogP) is 1.52. The fourth-order valence-corrected chi connectivity index (χ4v) is 2.96. The summed E-state index contributed by atoms with van der Waals surface area (Å²) in [6, 6.07) is 0. The van der Waals surface area contributed by atoms with Crippen LogP contribution < -0.4 is 10.6 Å². The number of likely N-dealkylation sites (N-methyl/N-ethyl adjacent to an activating group) is 1. The van der Waals surface area contributed by atoms with Gasteiger partial charge in [-0.25, -0.2) is 9.98 Å². The predicted molar refractivity (Wildman–Crippen MR) is 112 cm³/mol. The summed E-state index contributed by atoms with van der Waals surface area (Å²) in [6.07, 6.45) is 2.88. The highest BCUT2D eigenvalue weighted by atomic mass is 127. The number of guanidine groups is 1. The van der Waals surface area contributed by atoms with E-state index in [0.29, 0.717) is 11.9 Å². The molecular formula is C16H28IN5O2S. The summed E-state index contributed by atoms with van der Waals surface area (Å²) in [6.45, 7) is 5.39. The number of halogens is 1. The van der Waals surface area contributed by atoms with Crippen molar-refractivity contribution >= 4 is 47.2 Å². The number of rotatable bonds is 7. The number of amides is 1. The minimum Gasteiger partial charge on any atom is -0.381 e. The number of aromatic nitrogens is 1. The fourth-order valence-electron chi connectivity index (χ4n) is 2.26. The molecule has 0 saturated carbocycles. The van der Waals surface area contributed by atoms with Crippen molar-refractivity contribution in [2.75, 3.05) is 46.9 Å². The Bertz CT molecular complexity index is 533. The molecule has 25 heavy (non-hydrogen) atoms. The highest BCUT2D eigenvalue weighted by molar-refractivity contribution is 14.0. The molecule has 0 spiro atoms. The van der Waals surface area contributed by atoms with Gasteiger partial charge in [0, 0.05) is 57.2 Å². The molecule has 1 aliphatic heterocycles. The molecule has 1 amide bonds. The van der Waals surface area contributed by atoms with Crippen LogP contribution in [0.25, 0.3) is 0 Å². The second-order valence-electron chi connectivity index (χ2n) is 6.22. The number of carbonyl (C=O) groups is 1. The van der Waals surface area contributed by atoms with Gasteiger partial charge in [-0.05, 0) is 6.42 Å². The van der Waals surface area contributed by atoms with Crippen LogP contribution in [0.15, 0.2) is 16.6 Å². The first-order valence-electron chi connectivity index (χ1n) is 8.25. The Balaban J connectivity index is 0.00000312. The zero-order chi connectivity index (χ0) is 17.4. The van der Waals surface area contributed by atoms with Crippen LogP contribution in [0.3, 0.4) is 0 Å². The van der Waals surface area contributed by atoms with Crippen LogP contribution in [0.4, 0.5) is 0 Å². The summed E-state index contributed by atoms with van der Waals surface area (Å²) in [5, 5.41) is 9.72. The van der Waals surface area contributed by atoms with Crippen LogP contribution in [0.2, 0.25) is 0 Å². The highest BCUT2D eigenvalue weighted by Gasteiger charge is 2.16. The molecule has 2 rings (SSSR count). The molecule has 1 saturated heterocycles. The van der Waals surface area contributed by atoms with Crippen LogP contribution in [-0.2, 0) is 9.53 Å². The number of nitrogens with zero attached hydrogens (tertiary/aromatic N) is 3. The molecule has 2 unspecified atom stereocenters. The SMILES string of the molecule is CC(CNC(=NCC(=O)N(C)C)NCC1CCOC1)c1nccs1.I. The number of ether oxygens (including phenoxy) is 1. The highest BCUT2D eigenvalue weighted by Crippen LogP contribution is 2.16. The van der Waals surface area contributed by atoms with E-state index in [2.05, 4.69) is 27.5 Å². The van der Waals surface area contributed by atoms with E-state index in [-0.39, 0.29) is 42.3 Å². The van der Waals surface area contributed by atoms with Gasteiger partial charge in [-0.1, -0.05) is 6.92 Å². The second kappa shape index (κ2) is 11.6. The quantitative estimate of drug-likeness (QED) is 0.351. The van der Waals surface area contributed by atoms with E-state index in [1.165, 1.54) is 0 Å². The lowest BCUT2D eigenvalue weighted by Crippen LogP contribution is -2.42. The topological polar surface area (TPSA) is 78.9 Å². The largest absolute Gasteiger partial charge is 0.381 e. The van der Waals surface area contributed by atoms with Crippen LogP contribution in [0.1, 0.15) is 24.3 Å². The minimum atomic E-state index is -0.0201. The number of nitrogens with one attached hydrogen (secondary N) is 2. The number of aliphatic imine (C=N–C) groups is 1. The third kappa shape index (κ3) is 7.87. The summed E-state index contributed by atoms with van der Waals surface area (Å²) in [5.74, 6) is 1.43. The van der Waals surface area contributed by atoms with Gasteiger partial charge in [0.2, 0.25) is 5.91 Å². The van der Waals surface area contributed by atoms with Gasteiger partial charge in [-0.3, -0.25) is 4.79 Å². The Hall–Kier alpha value is -0.940. The molecule has 1 fully saturated rings. The molecule has 0 aliphatic carbocycles. The van der Waals surface area contributed by atoms with Gasteiger partial charge < -0.3 is 20.3 Å². The van der Waals surface area contributed by atoms with Crippen molar-refractivity contribution in [3.05, 3.63) is 16.6 Å². The number of hydrogen-bond donors (Lipinski definition) is 2. The number of hydrogen-bond acceptors (Lipinski definition) is 5. The van der Waals surface area contributed by atoms with Gasteiger partial charge in [-0.2, -0.15) is 0 Å². The summed E-state index contributed by atoms with van der Waals surface area (Å²) in [4.78, 5) is 22.1. The zero-order valence-corrected chi connectivity index (χ0v) is 18.2. The van der Waals surface area contributed by atoms with E-state index in [9.17, 15) is 4.79 Å². The molecule has 0 aromatic carbocycles. The van der Waals surface area contributed by atoms with Crippen molar-refractivity contribution in [2.45, 2.75) is 19.3 Å². The van der Waals surface area contributed by atoms with Gasteiger partial charge in [0.25, 0.3) is 0 Å². The summed E-state index contributed by atoms with van der Waals surface area (Å²) in [7, 11) is 3.47. The van der Waals surface area contributed by atoms with E-state index < -0.39 is 0 Å². The van der Waals surface area contributed by atoms with Crippen LogP contribution >= 0.6 is 35.3 Å². The Kier molecular flexibility index (Phi) is 10.3. The van der Waals surface area contributed by atoms with Crippen LogP contribution in [0.5, 0.6) is 0 Å². The molecule has 9 heteroatoms. The average Bonchev–Trinajstić information content (AvgIpc) is 3.26. The maximum Gasteiger partial charge on any atom is 0.243 e. The molecule has 2 atom stereocenters. The zero-order valence-electron chi connectivity index (χ0n) is 15.0. The second-order valence-corrected chi connectivity index (χ2v) is 7.14. The molecule has 1 aliphatic rings. The van der Waals surface area contributed by atoms with E-state index in [1.807, 2.05) is 11.6 Å². The Morgan fingerprint density at radius 3 is 2.92 bits per heavy atom. The van der Waals surface area contributed by atoms with Crippen molar-refractivity contribution < 1.29 is 9.53 Å². The molecule has 2 heterocycles. The molecule has 0 bridgehead atoms. The van der Waals surface area contributed by atoms with E-state index in [1.54, 1.807) is 30.3 Å². The Labute approximate surface area is 170 Å². The normalized spacial score (nSPS) is 18.4. The van der Waals surface area contributed by atoms with E-state index in [0.717, 1.165) is 37.7 Å². The summed E-state index contributed by atoms with van der Waals surface area (Å²) in [5.41, 5.74) is 0. The lowest BCUT2D eigenvalue weighted by Gasteiger charge is -2.17. The fraction of sp³-hybridized carbons (Fsp3) is 0.688. The van der Waals surface area contributed by atoms with Crippen LogP contribution in [0, 0.1) is 5.92 Å². The standard InChI is InChI=1S/C16H27N5O2S.HI/c1-12(15-17-5-7-24-15)8-18-16(20-10-14(22)21(2)3)19-9-13-4-6-23-11-13;/h5,7,12-13H,4,6,8-11H2,1-3H3,(H2,18,19,20);1H. The monoisotopic (exact) mass is 481 g/mol. The number of thiazole rings is 1. The summed E-state index contributed by atoms with van der Waals surface area (Å²) < 4.78 is 5.40. The van der Waals surface area contributed by atoms with Gasteiger partial charge in [0.15, 0.2) is 5.96 Å². The van der Waals surface area contributed by atoms with E-state index >= 15 is 0 Å². The first-order valence-corrected chi connectivity index (χ1v) is 9.13. The molecular weight excluding hydrogens is 453 g/mol. The van der Waals surface area contributed by atoms with Gasteiger partial charge in [0.05, 0.1) is 11.6 Å². The van der Waals surface area contributed by atoms with Crippen molar-refractivity contribution in [1.29, 1.82) is 0 Å². The molecule has 142 valence electrons. The molecule has 1 aromatic heterocycles. The molecule has 0 radical (unpaired) electrons. The average molecular weight is 481 g/mol. The lowest BCUT2D eigenvalue weighted by atomic mass is 10.1. The molecule has 7 nitrogen and oxygen atoms in total. The Morgan fingerprint density at radius 2 is 2.32 bits per heavy atom. The lowest BCUT2D eigenvalue weighted by molar-refractivity contribution is -0.127. The molecule has 1 aromatic rings. The van der Waals surface area contributed by atoms with Gasteiger partial charge in [0.1, 0.15) is 6.54 Å². The first-order chi connectivity index (χ1) is 11.6. The van der Waals surface area contributed by atoms with Crippen LogP contribution in [-0.4, -0.2) is 68.7 Å². The third-order valence-corrected chi connectivity index (χ3v) is 4.91. The van der Waals surface area contributed by atoms with Crippen molar-refractivity contribution in [3.63, 3.8) is 0 Å². The van der Waals surface area contributed by atoms with Gasteiger partial charge in [-0.15, -0.1) is 35.3 Å². The maximum atomic E-state index is 11.8. The van der Waals surface area contributed by atoms with Gasteiger partial charge >= 0.3 is 0 Å². The summed E-state index contributed by atoms with van der Waals surface area (Å²) >= 11 is 1.65. The van der Waals surface area contributed by atoms with Crippen molar-refractivity contribution in [3.8, 4) is 0 Å². The minimum absolute atomic E-state index is 0. The molecule has 2 N–H and O–H groups in total. The smallest absolute Gasteiger partial charge is 0.243 e. The Morgan fingerprint density at radius 1 is 1.52 bits per heavy atom. The maximum absolute atomic E-state index is 11.8. The number of carbonyl (C=O) groups excluding carboxylic acids is 1. The first kappa shape index (κ1) is 22.1.